The molecule has 12 heavy (non-hydrogen) atoms. The Morgan fingerprint density at radius 1 is 1.33 bits per heavy atom. The van der Waals surface area contributed by atoms with Gasteiger partial charge in [0, 0.05) is 12.3 Å². The molecule has 0 aromatic carbocycles. The molecular weight excluding hydrogens is 244 g/mol. The molecule has 1 aromatic heterocycles. The van der Waals surface area contributed by atoms with Crippen LogP contribution in [-0.2, 0) is 3.79 Å². The van der Waals surface area contributed by atoms with Gasteiger partial charge in [0.25, 0.3) is 0 Å². The molecule has 0 aliphatic rings. The first kappa shape index (κ1) is 10.2. The largest absolute Gasteiger partial charge is 0.360 e. The van der Waals surface area contributed by atoms with Gasteiger partial charge in [0.15, 0.2) is 0 Å². The second-order valence-corrected chi connectivity index (χ2v) is 4.69. The van der Waals surface area contributed by atoms with Gasteiger partial charge < -0.3 is 4.98 Å². The van der Waals surface area contributed by atoms with E-state index in [1.54, 1.807) is 0 Å². The van der Waals surface area contributed by atoms with Crippen molar-refractivity contribution in [1.29, 1.82) is 0 Å². The van der Waals surface area contributed by atoms with Gasteiger partial charge >= 0.3 is 0 Å². The molecule has 0 amide bonds. The lowest BCUT2D eigenvalue weighted by atomic mass is 10.4. The summed E-state index contributed by atoms with van der Waals surface area (Å²) in [7, 11) is 0. The third-order valence-electron chi connectivity index (χ3n) is 1.18. The summed E-state index contributed by atoms with van der Waals surface area (Å²) in [6, 6.07) is 1.25. The molecule has 2 nitrogen and oxygen atoms in total. The van der Waals surface area contributed by atoms with Crippen molar-refractivity contribution in [1.82, 2.24) is 4.98 Å². The van der Waals surface area contributed by atoms with E-state index in [1.165, 1.54) is 12.3 Å². The first-order chi connectivity index (χ1) is 5.43. The molecule has 0 atom stereocenters. The van der Waals surface area contributed by atoms with Crippen molar-refractivity contribution in [2.45, 2.75) is 3.79 Å². The Hall–Kier alpha value is 0.110. The fraction of sp³-hybridized carbons (Fsp3) is 0.167. The second-order valence-electron chi connectivity index (χ2n) is 2.03. The third-order valence-corrected chi connectivity index (χ3v) is 2.12. The summed E-state index contributed by atoms with van der Waals surface area (Å²) in [5.74, 6) is 0. The Kier molecular flexibility index (Phi) is 2.94. The van der Waals surface area contributed by atoms with Gasteiger partial charge in [-0.3, -0.25) is 4.79 Å². The zero-order valence-corrected chi connectivity index (χ0v) is 8.60. The van der Waals surface area contributed by atoms with Crippen molar-refractivity contribution in [2.24, 2.45) is 0 Å². The summed E-state index contributed by atoms with van der Waals surface area (Å²) in [6.45, 7) is 0. The highest BCUT2D eigenvalue weighted by atomic mass is 35.6. The van der Waals surface area contributed by atoms with E-state index in [2.05, 4.69) is 4.98 Å². The Morgan fingerprint density at radius 3 is 2.33 bits per heavy atom. The van der Waals surface area contributed by atoms with Gasteiger partial charge in [0.2, 0.25) is 9.22 Å². The Morgan fingerprint density at radius 2 is 1.92 bits per heavy atom. The van der Waals surface area contributed by atoms with E-state index < -0.39 is 3.79 Å². The molecule has 0 aliphatic heterocycles. The van der Waals surface area contributed by atoms with Crippen LogP contribution >= 0.6 is 46.4 Å². The molecule has 0 saturated heterocycles. The van der Waals surface area contributed by atoms with Crippen molar-refractivity contribution in [3.8, 4) is 0 Å². The van der Waals surface area contributed by atoms with Crippen molar-refractivity contribution < 1.29 is 0 Å². The third kappa shape index (κ3) is 2.07. The summed E-state index contributed by atoms with van der Waals surface area (Å²) in [6.07, 6.45) is 1.37. The monoisotopic (exact) mass is 245 g/mol. The number of aromatic amines is 1. The lowest BCUT2D eigenvalue weighted by Gasteiger charge is -2.11. The van der Waals surface area contributed by atoms with E-state index in [1.807, 2.05) is 0 Å². The molecule has 0 unspecified atom stereocenters. The van der Waals surface area contributed by atoms with Crippen LogP contribution in [0.25, 0.3) is 0 Å². The molecular formula is C6H3Cl4NO. The van der Waals surface area contributed by atoms with Crippen molar-refractivity contribution in [3.63, 3.8) is 0 Å². The van der Waals surface area contributed by atoms with Gasteiger partial charge in [-0.05, 0) is 0 Å². The number of halogens is 4. The average molecular weight is 247 g/mol. The van der Waals surface area contributed by atoms with E-state index in [-0.39, 0.29) is 16.1 Å². The average Bonchev–Trinajstić information content (AvgIpc) is 1.92. The molecule has 1 rings (SSSR count). The molecule has 0 fully saturated rings. The molecule has 0 aliphatic carbocycles. The summed E-state index contributed by atoms with van der Waals surface area (Å²) in [4.78, 5) is 13.5. The van der Waals surface area contributed by atoms with Crippen LogP contribution < -0.4 is 5.43 Å². The van der Waals surface area contributed by atoms with E-state index in [0.717, 1.165) is 0 Å². The molecule has 0 radical (unpaired) electrons. The normalized spacial score (nSPS) is 11.7. The van der Waals surface area contributed by atoms with Crippen LogP contribution in [-0.4, -0.2) is 4.98 Å². The summed E-state index contributed by atoms with van der Waals surface area (Å²) in [5.41, 5.74) is -0.293. The molecule has 0 spiro atoms. The predicted molar refractivity (Wildman–Crippen MR) is 51.3 cm³/mol. The molecule has 6 heteroatoms. The lowest BCUT2D eigenvalue weighted by molar-refractivity contribution is 1.08. The summed E-state index contributed by atoms with van der Waals surface area (Å²) in [5, 5.41) is -0.0995. The molecule has 0 bridgehead atoms. The van der Waals surface area contributed by atoms with Crippen LogP contribution in [0.5, 0.6) is 0 Å². The van der Waals surface area contributed by atoms with Crippen LogP contribution in [0, 0.1) is 0 Å². The maximum atomic E-state index is 11.0. The Balaban J connectivity index is 3.36. The summed E-state index contributed by atoms with van der Waals surface area (Å²) >= 11 is 22.1. The predicted octanol–water partition coefficient (Wildman–Crippen LogP) is 2.86. The van der Waals surface area contributed by atoms with Gasteiger partial charge in [-0.25, -0.2) is 0 Å². The highest BCUT2D eigenvalue weighted by Crippen LogP contribution is 2.38. The zero-order valence-electron chi connectivity index (χ0n) is 5.57. The second kappa shape index (κ2) is 3.46. The Bertz CT molecular complexity index is 340. The van der Waals surface area contributed by atoms with Crippen LogP contribution in [0.1, 0.15) is 5.69 Å². The smallest absolute Gasteiger partial charge is 0.232 e. The summed E-state index contributed by atoms with van der Waals surface area (Å²) < 4.78 is -1.70. The van der Waals surface area contributed by atoms with Crippen molar-refractivity contribution in [2.75, 3.05) is 0 Å². The SMILES string of the molecule is O=c1cc[nH]c(C(Cl)(Cl)Cl)c1Cl. The van der Waals surface area contributed by atoms with E-state index in [4.69, 9.17) is 46.4 Å². The topological polar surface area (TPSA) is 32.9 Å². The van der Waals surface area contributed by atoms with E-state index >= 15 is 0 Å². The highest BCUT2D eigenvalue weighted by Gasteiger charge is 2.27. The van der Waals surface area contributed by atoms with Crippen LogP contribution in [0.2, 0.25) is 5.02 Å². The minimum atomic E-state index is -1.70. The van der Waals surface area contributed by atoms with Crippen molar-refractivity contribution in [3.05, 3.63) is 33.2 Å². The van der Waals surface area contributed by atoms with Gasteiger partial charge in [-0.2, -0.15) is 0 Å². The van der Waals surface area contributed by atoms with Crippen molar-refractivity contribution >= 4 is 46.4 Å². The first-order valence-electron chi connectivity index (χ1n) is 2.87. The van der Waals surface area contributed by atoms with Crippen LogP contribution in [0.15, 0.2) is 17.1 Å². The molecule has 1 heterocycles. The van der Waals surface area contributed by atoms with Gasteiger partial charge in [-0.15, -0.1) is 0 Å². The number of H-pyrrole nitrogens is 1. The maximum Gasteiger partial charge on any atom is 0.232 e. The number of pyridine rings is 1. The fourth-order valence-corrected chi connectivity index (χ4v) is 1.52. The standard InChI is InChI=1S/C6H3Cl4NO/c7-4-3(12)1-2-11-5(4)6(8,9)10/h1-2H,(H,11,12). The van der Waals surface area contributed by atoms with Gasteiger partial charge in [0.05, 0.1) is 5.69 Å². The number of nitrogens with one attached hydrogen (secondary N) is 1. The van der Waals surface area contributed by atoms with Crippen LogP contribution in [0.3, 0.4) is 0 Å². The lowest BCUT2D eigenvalue weighted by Crippen LogP contribution is -2.11. The molecule has 1 N–H and O–H groups in total. The van der Waals surface area contributed by atoms with Gasteiger partial charge in [-0.1, -0.05) is 46.4 Å². The van der Waals surface area contributed by atoms with Gasteiger partial charge in [0.1, 0.15) is 5.02 Å². The molecule has 1 aromatic rings. The number of rotatable bonds is 0. The fourth-order valence-electron chi connectivity index (χ4n) is 0.667. The number of hydrogen-bond acceptors (Lipinski definition) is 1. The first-order valence-corrected chi connectivity index (χ1v) is 4.38. The van der Waals surface area contributed by atoms with E-state index in [0.29, 0.717) is 0 Å². The minimum Gasteiger partial charge on any atom is -0.360 e. The quantitative estimate of drug-likeness (QED) is 0.702. The minimum absolute atomic E-state index is 0.0849. The number of aromatic nitrogens is 1. The maximum absolute atomic E-state index is 11.0. The zero-order chi connectivity index (χ0) is 9.35. The number of hydrogen-bond donors (Lipinski definition) is 1. The molecule has 0 saturated carbocycles. The molecule has 66 valence electrons. The Labute approximate surface area is 88.4 Å². The highest BCUT2D eigenvalue weighted by molar-refractivity contribution is 6.67. The van der Waals surface area contributed by atoms with E-state index in [9.17, 15) is 4.79 Å². The number of alkyl halides is 3. The van der Waals surface area contributed by atoms with Crippen LogP contribution in [0.4, 0.5) is 0 Å².